The number of methoxy groups -OCH3 is 3. The number of rotatable bonds is 7. The molecular weight excluding hydrogens is 478 g/mol. The van der Waals surface area contributed by atoms with Gasteiger partial charge in [-0.1, -0.05) is 23.7 Å². The molecule has 0 unspecified atom stereocenters. The molecular formula is C24H22ClN3O5S. The van der Waals surface area contributed by atoms with Crippen LogP contribution in [0.25, 0.3) is 0 Å². The SMILES string of the molecule is COc1cc(NC(=S)NC(=O)c2ccc(OC)c(OC)c2)ccc1NC(=O)c1ccccc1Cl. The monoisotopic (exact) mass is 499 g/mol. The summed E-state index contributed by atoms with van der Waals surface area (Å²) in [6.07, 6.45) is 0. The van der Waals surface area contributed by atoms with Gasteiger partial charge >= 0.3 is 0 Å². The lowest BCUT2D eigenvalue weighted by atomic mass is 10.2. The summed E-state index contributed by atoms with van der Waals surface area (Å²) in [5, 5.41) is 8.72. The van der Waals surface area contributed by atoms with Crippen molar-refractivity contribution in [2.45, 2.75) is 0 Å². The number of anilines is 2. The summed E-state index contributed by atoms with van der Waals surface area (Å²) in [6.45, 7) is 0. The fourth-order valence-corrected chi connectivity index (χ4v) is 3.45. The average molecular weight is 500 g/mol. The van der Waals surface area contributed by atoms with Gasteiger partial charge < -0.3 is 24.8 Å². The highest BCUT2D eigenvalue weighted by atomic mass is 35.5. The molecule has 0 aromatic heterocycles. The molecule has 0 bridgehead atoms. The van der Waals surface area contributed by atoms with E-state index in [1.807, 2.05) is 0 Å². The summed E-state index contributed by atoms with van der Waals surface area (Å²) in [6, 6.07) is 16.5. The Hall–Kier alpha value is -3.82. The van der Waals surface area contributed by atoms with E-state index in [2.05, 4.69) is 16.0 Å². The normalized spacial score (nSPS) is 10.1. The van der Waals surface area contributed by atoms with Gasteiger partial charge in [0.25, 0.3) is 11.8 Å². The molecule has 0 heterocycles. The van der Waals surface area contributed by atoms with E-state index in [9.17, 15) is 9.59 Å². The summed E-state index contributed by atoms with van der Waals surface area (Å²) < 4.78 is 15.8. The summed E-state index contributed by atoms with van der Waals surface area (Å²) in [4.78, 5) is 25.1. The first-order valence-electron chi connectivity index (χ1n) is 9.94. The van der Waals surface area contributed by atoms with Gasteiger partial charge in [0.1, 0.15) is 5.75 Å². The van der Waals surface area contributed by atoms with Crippen LogP contribution in [0.3, 0.4) is 0 Å². The van der Waals surface area contributed by atoms with Crippen LogP contribution >= 0.6 is 23.8 Å². The molecule has 176 valence electrons. The third-order valence-electron chi connectivity index (χ3n) is 4.70. The fraction of sp³-hybridized carbons (Fsp3) is 0.125. The number of amides is 2. The number of hydrogen-bond acceptors (Lipinski definition) is 6. The molecule has 0 aliphatic rings. The predicted octanol–water partition coefficient (Wildman–Crippen LogP) is 4.74. The Balaban J connectivity index is 1.67. The molecule has 0 saturated carbocycles. The lowest BCUT2D eigenvalue weighted by molar-refractivity contribution is 0.0976. The van der Waals surface area contributed by atoms with Crippen molar-refractivity contribution in [1.29, 1.82) is 0 Å². The van der Waals surface area contributed by atoms with Crippen molar-refractivity contribution in [2.75, 3.05) is 32.0 Å². The molecule has 3 aromatic carbocycles. The molecule has 0 radical (unpaired) electrons. The summed E-state index contributed by atoms with van der Waals surface area (Å²) in [7, 11) is 4.47. The zero-order valence-corrected chi connectivity index (χ0v) is 20.2. The maximum Gasteiger partial charge on any atom is 0.257 e. The Morgan fingerprint density at radius 1 is 0.794 bits per heavy atom. The minimum atomic E-state index is -0.422. The first-order valence-corrected chi connectivity index (χ1v) is 10.7. The molecule has 0 aliphatic heterocycles. The predicted molar refractivity (Wildman–Crippen MR) is 136 cm³/mol. The van der Waals surface area contributed by atoms with E-state index < -0.39 is 5.91 Å². The molecule has 2 amide bonds. The fourth-order valence-electron chi connectivity index (χ4n) is 3.02. The Morgan fingerprint density at radius 3 is 2.18 bits per heavy atom. The van der Waals surface area contributed by atoms with Crippen molar-refractivity contribution in [3.05, 3.63) is 76.8 Å². The first-order chi connectivity index (χ1) is 16.4. The molecule has 0 fully saturated rings. The van der Waals surface area contributed by atoms with Crippen LogP contribution in [0.5, 0.6) is 17.2 Å². The molecule has 3 aromatic rings. The maximum atomic E-state index is 12.6. The smallest absolute Gasteiger partial charge is 0.257 e. The lowest BCUT2D eigenvalue weighted by Crippen LogP contribution is -2.34. The molecule has 34 heavy (non-hydrogen) atoms. The molecule has 8 nitrogen and oxygen atoms in total. The average Bonchev–Trinajstić information content (AvgIpc) is 2.84. The van der Waals surface area contributed by atoms with Crippen LogP contribution < -0.4 is 30.2 Å². The summed E-state index contributed by atoms with van der Waals surface area (Å²) in [5.74, 6) is 0.525. The highest BCUT2D eigenvalue weighted by Gasteiger charge is 2.15. The van der Waals surface area contributed by atoms with Crippen LogP contribution in [0.1, 0.15) is 20.7 Å². The second-order valence-corrected chi connectivity index (χ2v) is 7.64. The van der Waals surface area contributed by atoms with E-state index in [-0.39, 0.29) is 11.0 Å². The van der Waals surface area contributed by atoms with E-state index in [1.54, 1.807) is 60.7 Å². The molecule has 0 spiro atoms. The second kappa shape index (κ2) is 11.4. The largest absolute Gasteiger partial charge is 0.494 e. The first kappa shape index (κ1) is 24.8. The van der Waals surface area contributed by atoms with Crippen molar-refractivity contribution in [2.24, 2.45) is 0 Å². The molecule has 0 aliphatic carbocycles. The number of halogens is 1. The van der Waals surface area contributed by atoms with Crippen LogP contribution in [0, 0.1) is 0 Å². The van der Waals surface area contributed by atoms with Gasteiger partial charge in [-0.05, 0) is 54.7 Å². The van der Waals surface area contributed by atoms with Crippen LogP contribution in [-0.4, -0.2) is 38.3 Å². The van der Waals surface area contributed by atoms with Crippen molar-refractivity contribution in [3.63, 3.8) is 0 Å². The summed E-state index contributed by atoms with van der Waals surface area (Å²) >= 11 is 11.4. The van der Waals surface area contributed by atoms with Gasteiger partial charge in [0.15, 0.2) is 16.6 Å². The van der Waals surface area contributed by atoms with Crippen molar-refractivity contribution in [1.82, 2.24) is 5.32 Å². The zero-order chi connectivity index (χ0) is 24.7. The lowest BCUT2D eigenvalue weighted by Gasteiger charge is -2.14. The van der Waals surface area contributed by atoms with Crippen molar-refractivity contribution >= 4 is 52.1 Å². The highest BCUT2D eigenvalue weighted by Crippen LogP contribution is 2.30. The highest BCUT2D eigenvalue weighted by molar-refractivity contribution is 7.80. The molecule has 0 saturated heterocycles. The van der Waals surface area contributed by atoms with Crippen LogP contribution in [0.15, 0.2) is 60.7 Å². The molecule has 3 N–H and O–H groups in total. The minimum Gasteiger partial charge on any atom is -0.494 e. The van der Waals surface area contributed by atoms with E-state index >= 15 is 0 Å². The van der Waals surface area contributed by atoms with Crippen molar-refractivity contribution in [3.8, 4) is 17.2 Å². The second-order valence-electron chi connectivity index (χ2n) is 6.83. The number of ether oxygens (including phenoxy) is 3. The Morgan fingerprint density at radius 2 is 1.50 bits per heavy atom. The molecule has 3 rings (SSSR count). The quantitative estimate of drug-likeness (QED) is 0.404. The van der Waals surface area contributed by atoms with E-state index in [0.29, 0.717) is 44.8 Å². The number of thiocarbonyl (C=S) groups is 1. The number of nitrogens with one attached hydrogen (secondary N) is 3. The number of carbonyl (C=O) groups excluding carboxylic acids is 2. The van der Waals surface area contributed by atoms with Crippen LogP contribution in [-0.2, 0) is 0 Å². The molecule has 10 heteroatoms. The Bertz CT molecular complexity index is 1230. The van der Waals surface area contributed by atoms with E-state index in [0.717, 1.165) is 0 Å². The van der Waals surface area contributed by atoms with Gasteiger partial charge in [0.05, 0.1) is 37.6 Å². The van der Waals surface area contributed by atoms with Crippen LogP contribution in [0.2, 0.25) is 5.02 Å². The third kappa shape index (κ3) is 5.94. The van der Waals surface area contributed by atoms with Crippen LogP contribution in [0.4, 0.5) is 11.4 Å². The van der Waals surface area contributed by atoms with E-state index in [1.165, 1.54) is 21.3 Å². The number of hydrogen-bond donors (Lipinski definition) is 3. The maximum absolute atomic E-state index is 12.6. The number of carbonyl (C=O) groups is 2. The van der Waals surface area contributed by atoms with Crippen molar-refractivity contribution < 1.29 is 23.8 Å². The van der Waals surface area contributed by atoms with E-state index in [4.69, 9.17) is 38.0 Å². The third-order valence-corrected chi connectivity index (χ3v) is 5.23. The number of benzene rings is 3. The standard InChI is InChI=1S/C24H22ClN3O5S/c1-31-19-11-8-14(12-21(19)33-3)22(29)28-24(34)26-15-9-10-18(20(13-15)32-2)27-23(30)16-6-4-5-7-17(16)25/h4-13H,1-3H3,(H,27,30)(H2,26,28,29,34). The Kier molecular flexibility index (Phi) is 8.29. The van der Waals surface area contributed by atoms with Gasteiger partial charge in [0, 0.05) is 17.3 Å². The zero-order valence-electron chi connectivity index (χ0n) is 18.6. The topological polar surface area (TPSA) is 97.9 Å². The minimum absolute atomic E-state index is 0.0784. The van der Waals surface area contributed by atoms with Gasteiger partial charge in [0.2, 0.25) is 0 Å². The summed E-state index contributed by atoms with van der Waals surface area (Å²) in [5.41, 5.74) is 1.67. The molecule has 0 atom stereocenters. The Labute approximate surface area is 207 Å². The van der Waals surface area contributed by atoms with Gasteiger partial charge in [-0.2, -0.15) is 0 Å². The van der Waals surface area contributed by atoms with Gasteiger partial charge in [-0.3, -0.25) is 14.9 Å². The van der Waals surface area contributed by atoms with Gasteiger partial charge in [-0.15, -0.1) is 0 Å². The van der Waals surface area contributed by atoms with Gasteiger partial charge in [-0.25, -0.2) is 0 Å².